The van der Waals surface area contributed by atoms with Crippen LogP contribution in [0.5, 0.6) is 0 Å². The highest BCUT2D eigenvalue weighted by Crippen LogP contribution is 2.33. The first-order chi connectivity index (χ1) is 11.6. The Bertz CT molecular complexity index is 572. The second kappa shape index (κ2) is 7.93. The van der Waals surface area contributed by atoms with Gasteiger partial charge in [0.25, 0.3) is 0 Å². The lowest BCUT2D eigenvalue weighted by Crippen LogP contribution is -2.40. The zero-order valence-corrected chi connectivity index (χ0v) is 14.2. The van der Waals surface area contributed by atoms with E-state index in [1.807, 2.05) is 18.2 Å². The molecule has 1 aromatic carbocycles. The number of benzene rings is 1. The number of hydrogen-bond acceptors (Lipinski definition) is 3. The molecule has 0 bridgehead atoms. The van der Waals surface area contributed by atoms with Gasteiger partial charge in [-0.2, -0.15) is 0 Å². The maximum Gasteiger partial charge on any atom is 0.320 e. The maximum atomic E-state index is 11.6. The van der Waals surface area contributed by atoms with Crippen molar-refractivity contribution in [3.8, 4) is 0 Å². The Balaban J connectivity index is 1.62. The molecule has 1 saturated heterocycles. The summed E-state index contributed by atoms with van der Waals surface area (Å²) < 4.78 is 0. The molecule has 0 aromatic heterocycles. The summed E-state index contributed by atoms with van der Waals surface area (Å²) in [5, 5.41) is 9.54. The minimum atomic E-state index is -0.707. The van der Waals surface area contributed by atoms with Crippen LogP contribution in [0.1, 0.15) is 56.9 Å². The first-order valence-electron chi connectivity index (χ1n) is 9.17. The van der Waals surface area contributed by atoms with Gasteiger partial charge in [-0.15, -0.1) is 0 Å². The highest BCUT2D eigenvalue weighted by atomic mass is 16.4. The molecule has 2 aliphatic rings. The van der Waals surface area contributed by atoms with E-state index in [4.69, 9.17) is 0 Å². The third-order valence-electron chi connectivity index (χ3n) is 5.63. The average molecular weight is 329 g/mol. The molecule has 130 valence electrons. The Morgan fingerprint density at radius 3 is 2.62 bits per heavy atom. The highest BCUT2D eigenvalue weighted by molar-refractivity contribution is 5.79. The van der Waals surface area contributed by atoms with Gasteiger partial charge in [0.2, 0.25) is 0 Å². The molecule has 0 unspecified atom stereocenters. The molecule has 1 aliphatic carbocycles. The van der Waals surface area contributed by atoms with Gasteiger partial charge in [0, 0.05) is 25.4 Å². The third-order valence-corrected chi connectivity index (χ3v) is 5.63. The lowest BCUT2D eigenvalue weighted by atomic mass is 9.84. The Morgan fingerprint density at radius 1 is 1.12 bits per heavy atom. The fraction of sp³-hybridized carbons (Fsp3) is 0.600. The Labute approximate surface area is 143 Å². The molecule has 3 rings (SSSR count). The topological polar surface area (TPSA) is 57.6 Å². The van der Waals surface area contributed by atoms with Gasteiger partial charge in [-0.3, -0.25) is 14.5 Å². The van der Waals surface area contributed by atoms with Crippen molar-refractivity contribution in [3.05, 3.63) is 35.9 Å². The van der Waals surface area contributed by atoms with E-state index in [1.54, 1.807) is 0 Å². The minimum Gasteiger partial charge on any atom is -0.480 e. The van der Waals surface area contributed by atoms with E-state index in [9.17, 15) is 14.7 Å². The summed E-state index contributed by atoms with van der Waals surface area (Å²) in [4.78, 5) is 25.4. The first kappa shape index (κ1) is 17.2. The van der Waals surface area contributed by atoms with Crippen LogP contribution in [-0.2, 0) is 16.1 Å². The average Bonchev–Trinajstić information content (AvgIpc) is 2.97. The Morgan fingerprint density at radius 2 is 1.92 bits per heavy atom. The number of likely N-dealkylation sites (tertiary alicyclic amines) is 1. The standard InChI is InChI=1S/C20H27NO3/c22-18-8-4-7-15(13-18)9-10-17-11-12-19(20(23)24)21(17)14-16-5-2-1-3-6-16/h1-3,5-6,15,17,19H,4,7-14H2,(H,23,24)/t15-,17+,19+/m0/s1. The van der Waals surface area contributed by atoms with Crippen LogP contribution >= 0.6 is 0 Å². The number of rotatable bonds is 6. The number of carboxylic acids is 1. The van der Waals surface area contributed by atoms with Crippen LogP contribution in [0, 0.1) is 5.92 Å². The molecule has 24 heavy (non-hydrogen) atoms. The molecular weight excluding hydrogens is 302 g/mol. The molecule has 1 heterocycles. The van der Waals surface area contributed by atoms with Gasteiger partial charge in [0.1, 0.15) is 11.8 Å². The summed E-state index contributed by atoms with van der Waals surface area (Å²) in [6, 6.07) is 10.1. The number of hydrogen-bond donors (Lipinski definition) is 1. The quantitative estimate of drug-likeness (QED) is 0.865. The number of aliphatic carboxylic acids is 1. The van der Waals surface area contributed by atoms with E-state index >= 15 is 0 Å². The summed E-state index contributed by atoms with van der Waals surface area (Å²) in [5.74, 6) is 0.206. The molecule has 0 radical (unpaired) electrons. The van der Waals surface area contributed by atoms with Crippen LogP contribution in [0.15, 0.2) is 30.3 Å². The van der Waals surface area contributed by atoms with Crippen LogP contribution in [0.3, 0.4) is 0 Å². The second-order valence-corrected chi connectivity index (χ2v) is 7.32. The second-order valence-electron chi connectivity index (χ2n) is 7.32. The summed E-state index contributed by atoms with van der Waals surface area (Å²) in [6.45, 7) is 0.700. The van der Waals surface area contributed by atoms with Crippen LogP contribution in [0.25, 0.3) is 0 Å². The number of carboxylic acid groups (broad SMARTS) is 1. The fourth-order valence-corrected chi connectivity index (χ4v) is 4.33. The molecule has 1 N–H and O–H groups in total. The fourth-order valence-electron chi connectivity index (χ4n) is 4.33. The Kier molecular flexibility index (Phi) is 5.67. The van der Waals surface area contributed by atoms with Crippen molar-refractivity contribution in [1.82, 2.24) is 4.90 Å². The van der Waals surface area contributed by atoms with E-state index in [0.717, 1.165) is 51.4 Å². The number of nitrogens with zero attached hydrogens (tertiary/aromatic N) is 1. The van der Waals surface area contributed by atoms with Crippen molar-refractivity contribution < 1.29 is 14.7 Å². The van der Waals surface area contributed by atoms with Gasteiger partial charge in [0.05, 0.1) is 0 Å². The molecule has 4 nitrogen and oxygen atoms in total. The predicted molar refractivity (Wildman–Crippen MR) is 92.6 cm³/mol. The van der Waals surface area contributed by atoms with Crippen molar-refractivity contribution in [1.29, 1.82) is 0 Å². The number of Topliss-reactive ketones (excluding diaryl/α,β-unsaturated/α-hetero) is 1. The predicted octanol–water partition coefficient (Wildman–Crippen LogP) is 3.64. The van der Waals surface area contributed by atoms with Crippen molar-refractivity contribution in [3.63, 3.8) is 0 Å². The molecule has 0 spiro atoms. The molecule has 2 fully saturated rings. The molecule has 1 aliphatic heterocycles. The van der Waals surface area contributed by atoms with Gasteiger partial charge in [-0.25, -0.2) is 0 Å². The van der Waals surface area contributed by atoms with E-state index in [2.05, 4.69) is 17.0 Å². The largest absolute Gasteiger partial charge is 0.480 e. The summed E-state index contributed by atoms with van der Waals surface area (Å²) in [6.07, 6.45) is 7.40. The number of ketones is 1. The van der Waals surface area contributed by atoms with Crippen LogP contribution in [-0.4, -0.2) is 33.8 Å². The van der Waals surface area contributed by atoms with Crippen molar-refractivity contribution in [2.75, 3.05) is 0 Å². The van der Waals surface area contributed by atoms with Gasteiger partial charge >= 0.3 is 5.97 Å². The zero-order chi connectivity index (χ0) is 16.9. The highest BCUT2D eigenvalue weighted by Gasteiger charge is 2.37. The molecule has 0 amide bonds. The van der Waals surface area contributed by atoms with Gasteiger partial charge in [-0.1, -0.05) is 30.3 Å². The summed E-state index contributed by atoms with van der Waals surface area (Å²) in [5.41, 5.74) is 1.17. The van der Waals surface area contributed by atoms with Crippen LogP contribution in [0.2, 0.25) is 0 Å². The van der Waals surface area contributed by atoms with Crippen LogP contribution in [0.4, 0.5) is 0 Å². The van der Waals surface area contributed by atoms with Crippen LogP contribution < -0.4 is 0 Å². The van der Waals surface area contributed by atoms with E-state index in [1.165, 1.54) is 5.56 Å². The smallest absolute Gasteiger partial charge is 0.320 e. The van der Waals surface area contributed by atoms with Crippen molar-refractivity contribution in [2.24, 2.45) is 5.92 Å². The molecule has 3 atom stereocenters. The third kappa shape index (κ3) is 4.23. The van der Waals surface area contributed by atoms with Crippen molar-refractivity contribution in [2.45, 2.75) is 70.0 Å². The van der Waals surface area contributed by atoms with E-state index in [0.29, 0.717) is 24.3 Å². The van der Waals surface area contributed by atoms with E-state index in [-0.39, 0.29) is 6.04 Å². The first-order valence-corrected chi connectivity index (χ1v) is 9.17. The molecule has 1 aromatic rings. The summed E-state index contributed by atoms with van der Waals surface area (Å²) in [7, 11) is 0. The molecule has 1 saturated carbocycles. The zero-order valence-electron chi connectivity index (χ0n) is 14.2. The van der Waals surface area contributed by atoms with Crippen molar-refractivity contribution >= 4 is 11.8 Å². The lowest BCUT2D eigenvalue weighted by Gasteiger charge is -2.30. The number of carbonyl (C=O) groups is 2. The normalized spacial score (nSPS) is 28.2. The minimum absolute atomic E-state index is 0.323. The van der Waals surface area contributed by atoms with Gasteiger partial charge in [-0.05, 0) is 50.0 Å². The van der Waals surface area contributed by atoms with E-state index < -0.39 is 5.97 Å². The summed E-state index contributed by atoms with van der Waals surface area (Å²) >= 11 is 0. The SMILES string of the molecule is O=C1CCC[C@@H](CC[C@@H]2CC[C@H](C(=O)O)N2Cc2ccccc2)C1. The lowest BCUT2D eigenvalue weighted by molar-refractivity contribution is -0.142. The van der Waals surface area contributed by atoms with Gasteiger partial charge < -0.3 is 5.11 Å². The molecular formula is C20H27NO3. The molecule has 4 heteroatoms. The maximum absolute atomic E-state index is 11.6. The van der Waals surface area contributed by atoms with Gasteiger partial charge in [0.15, 0.2) is 0 Å². The number of carbonyl (C=O) groups excluding carboxylic acids is 1. The monoisotopic (exact) mass is 329 g/mol. The Hall–Kier alpha value is -1.68.